The first-order chi connectivity index (χ1) is 7.58. The highest BCUT2D eigenvalue weighted by Crippen LogP contribution is 2.01. The van der Waals surface area contributed by atoms with Crippen molar-refractivity contribution in [2.75, 3.05) is 6.54 Å². The SMILES string of the molecule is CC(C)(C)NCC=CC=Cc1ccccc1. The summed E-state index contributed by atoms with van der Waals surface area (Å²) in [4.78, 5) is 0. The van der Waals surface area contributed by atoms with Crippen LogP contribution in [0.15, 0.2) is 48.6 Å². The molecule has 86 valence electrons. The van der Waals surface area contributed by atoms with Gasteiger partial charge in [0.1, 0.15) is 0 Å². The molecule has 0 aliphatic carbocycles. The normalized spacial score (nSPS) is 12.7. The molecule has 0 aliphatic rings. The lowest BCUT2D eigenvalue weighted by Crippen LogP contribution is -2.35. The number of hydrogen-bond acceptors (Lipinski definition) is 1. The van der Waals surface area contributed by atoms with E-state index in [0.717, 1.165) is 6.54 Å². The van der Waals surface area contributed by atoms with Crippen LogP contribution in [0, 0.1) is 0 Å². The standard InChI is InChI=1S/C15H21N/c1-15(2,3)16-13-9-5-8-12-14-10-6-4-7-11-14/h4-12,16H,13H2,1-3H3. The Morgan fingerprint density at radius 2 is 1.75 bits per heavy atom. The molecule has 0 saturated heterocycles. The minimum atomic E-state index is 0.188. The molecule has 0 saturated carbocycles. The van der Waals surface area contributed by atoms with E-state index in [2.05, 4.69) is 62.5 Å². The van der Waals surface area contributed by atoms with Crippen molar-refractivity contribution in [3.8, 4) is 0 Å². The van der Waals surface area contributed by atoms with Gasteiger partial charge < -0.3 is 5.32 Å². The summed E-state index contributed by atoms with van der Waals surface area (Å²) in [6.07, 6.45) is 8.38. The van der Waals surface area contributed by atoms with E-state index in [1.165, 1.54) is 5.56 Å². The molecule has 0 radical (unpaired) electrons. The van der Waals surface area contributed by atoms with Crippen LogP contribution >= 0.6 is 0 Å². The Kier molecular flexibility index (Phi) is 5.00. The number of nitrogens with one attached hydrogen (secondary N) is 1. The van der Waals surface area contributed by atoms with Crippen LogP contribution in [0.4, 0.5) is 0 Å². The van der Waals surface area contributed by atoms with Crippen LogP contribution in [0.1, 0.15) is 26.3 Å². The molecule has 16 heavy (non-hydrogen) atoms. The molecule has 1 rings (SSSR count). The Bertz CT molecular complexity index is 341. The maximum absolute atomic E-state index is 3.40. The first-order valence-corrected chi connectivity index (χ1v) is 5.71. The predicted octanol–water partition coefficient (Wildman–Crippen LogP) is 3.64. The molecule has 0 heterocycles. The lowest BCUT2D eigenvalue weighted by molar-refractivity contribution is 0.449. The summed E-state index contributed by atoms with van der Waals surface area (Å²) in [6.45, 7) is 7.41. The fraction of sp³-hybridized carbons (Fsp3) is 0.333. The third-order valence-corrected chi connectivity index (χ3v) is 2.09. The van der Waals surface area contributed by atoms with E-state index in [4.69, 9.17) is 0 Å². The molecule has 0 atom stereocenters. The Morgan fingerprint density at radius 3 is 2.38 bits per heavy atom. The van der Waals surface area contributed by atoms with Crippen molar-refractivity contribution >= 4 is 6.08 Å². The van der Waals surface area contributed by atoms with E-state index >= 15 is 0 Å². The molecule has 1 N–H and O–H groups in total. The average molecular weight is 215 g/mol. The Balaban J connectivity index is 2.30. The molecule has 0 fully saturated rings. The summed E-state index contributed by atoms with van der Waals surface area (Å²) < 4.78 is 0. The predicted molar refractivity (Wildman–Crippen MR) is 72.4 cm³/mol. The van der Waals surface area contributed by atoms with Gasteiger partial charge in [-0.3, -0.25) is 0 Å². The van der Waals surface area contributed by atoms with Crippen LogP contribution in [0.5, 0.6) is 0 Å². The maximum atomic E-state index is 3.40. The van der Waals surface area contributed by atoms with Gasteiger partial charge in [0, 0.05) is 12.1 Å². The van der Waals surface area contributed by atoms with E-state index in [9.17, 15) is 0 Å². The summed E-state index contributed by atoms with van der Waals surface area (Å²) in [5.41, 5.74) is 1.42. The molecule has 0 aliphatic heterocycles. The summed E-state index contributed by atoms with van der Waals surface area (Å²) >= 11 is 0. The second kappa shape index (κ2) is 6.29. The molecule has 0 spiro atoms. The van der Waals surface area contributed by atoms with Gasteiger partial charge >= 0.3 is 0 Å². The van der Waals surface area contributed by atoms with Crippen LogP contribution in [0.3, 0.4) is 0 Å². The van der Waals surface area contributed by atoms with Crippen molar-refractivity contribution < 1.29 is 0 Å². The number of allylic oxidation sites excluding steroid dienone is 2. The van der Waals surface area contributed by atoms with Gasteiger partial charge in [-0.1, -0.05) is 54.6 Å². The third kappa shape index (κ3) is 6.20. The van der Waals surface area contributed by atoms with E-state index in [-0.39, 0.29) is 5.54 Å². The summed E-state index contributed by atoms with van der Waals surface area (Å²) in [6, 6.07) is 10.3. The van der Waals surface area contributed by atoms with Crippen LogP contribution in [0.2, 0.25) is 0 Å². The topological polar surface area (TPSA) is 12.0 Å². The summed E-state index contributed by atoms with van der Waals surface area (Å²) in [5, 5.41) is 3.40. The van der Waals surface area contributed by atoms with E-state index < -0.39 is 0 Å². The van der Waals surface area contributed by atoms with E-state index in [0.29, 0.717) is 0 Å². The first kappa shape index (κ1) is 12.7. The van der Waals surface area contributed by atoms with Crippen molar-refractivity contribution in [3.63, 3.8) is 0 Å². The first-order valence-electron chi connectivity index (χ1n) is 5.71. The van der Waals surface area contributed by atoms with Gasteiger partial charge in [0.2, 0.25) is 0 Å². The molecular weight excluding hydrogens is 194 g/mol. The number of hydrogen-bond donors (Lipinski definition) is 1. The van der Waals surface area contributed by atoms with Crippen LogP contribution in [0.25, 0.3) is 6.08 Å². The number of rotatable bonds is 4. The Morgan fingerprint density at radius 1 is 1.06 bits per heavy atom. The highest BCUT2D eigenvalue weighted by Gasteiger charge is 2.05. The second-order valence-corrected chi connectivity index (χ2v) is 4.83. The van der Waals surface area contributed by atoms with Crippen molar-refractivity contribution in [3.05, 3.63) is 54.1 Å². The minimum absolute atomic E-state index is 0.188. The fourth-order valence-electron chi connectivity index (χ4n) is 1.24. The lowest BCUT2D eigenvalue weighted by Gasteiger charge is -2.18. The molecule has 1 aromatic rings. The van der Waals surface area contributed by atoms with E-state index in [1.807, 2.05) is 18.2 Å². The molecule has 0 unspecified atom stereocenters. The van der Waals surface area contributed by atoms with Crippen molar-refractivity contribution in [2.24, 2.45) is 0 Å². The molecule has 1 heteroatoms. The van der Waals surface area contributed by atoms with Crippen molar-refractivity contribution in [2.45, 2.75) is 26.3 Å². The maximum Gasteiger partial charge on any atom is 0.0142 e. The zero-order valence-electron chi connectivity index (χ0n) is 10.4. The minimum Gasteiger partial charge on any atom is -0.309 e. The lowest BCUT2D eigenvalue weighted by atomic mass is 10.1. The third-order valence-electron chi connectivity index (χ3n) is 2.09. The molecule has 0 bridgehead atoms. The second-order valence-electron chi connectivity index (χ2n) is 4.83. The van der Waals surface area contributed by atoms with Gasteiger partial charge in [-0.2, -0.15) is 0 Å². The highest BCUT2D eigenvalue weighted by molar-refractivity contribution is 5.50. The fourth-order valence-corrected chi connectivity index (χ4v) is 1.24. The van der Waals surface area contributed by atoms with E-state index in [1.54, 1.807) is 0 Å². The van der Waals surface area contributed by atoms with Crippen LogP contribution < -0.4 is 5.32 Å². The smallest absolute Gasteiger partial charge is 0.0142 e. The summed E-state index contributed by atoms with van der Waals surface area (Å²) in [7, 11) is 0. The Hall–Kier alpha value is -1.34. The molecule has 0 aromatic heterocycles. The van der Waals surface area contributed by atoms with Crippen molar-refractivity contribution in [1.29, 1.82) is 0 Å². The number of benzene rings is 1. The van der Waals surface area contributed by atoms with Crippen LogP contribution in [-0.2, 0) is 0 Å². The van der Waals surface area contributed by atoms with Crippen molar-refractivity contribution in [1.82, 2.24) is 5.32 Å². The highest BCUT2D eigenvalue weighted by atomic mass is 14.9. The molecule has 1 nitrogen and oxygen atoms in total. The summed E-state index contributed by atoms with van der Waals surface area (Å²) in [5.74, 6) is 0. The zero-order valence-corrected chi connectivity index (χ0v) is 10.4. The van der Waals surface area contributed by atoms with Gasteiger partial charge in [0.15, 0.2) is 0 Å². The molecule has 1 aromatic carbocycles. The molecular formula is C15H21N. The van der Waals surface area contributed by atoms with Crippen LogP contribution in [-0.4, -0.2) is 12.1 Å². The van der Waals surface area contributed by atoms with Gasteiger partial charge in [0.05, 0.1) is 0 Å². The average Bonchev–Trinajstić information content (AvgIpc) is 2.23. The molecule has 0 amide bonds. The zero-order chi connectivity index (χ0) is 11.9. The Labute approximate surface area is 98.9 Å². The quantitative estimate of drug-likeness (QED) is 0.756. The van der Waals surface area contributed by atoms with Gasteiger partial charge in [0.25, 0.3) is 0 Å². The van der Waals surface area contributed by atoms with Gasteiger partial charge in [-0.15, -0.1) is 0 Å². The largest absolute Gasteiger partial charge is 0.309 e. The van der Waals surface area contributed by atoms with Gasteiger partial charge in [-0.05, 0) is 26.3 Å². The monoisotopic (exact) mass is 215 g/mol. The van der Waals surface area contributed by atoms with Gasteiger partial charge in [-0.25, -0.2) is 0 Å².